The molecule has 0 radical (unpaired) electrons. The van der Waals surface area contributed by atoms with Crippen molar-refractivity contribution < 1.29 is 24.3 Å². The van der Waals surface area contributed by atoms with E-state index in [-0.39, 0.29) is 18.9 Å². The third-order valence-corrected chi connectivity index (χ3v) is 5.47. The molecule has 1 fully saturated rings. The maximum absolute atomic E-state index is 12.3. The number of aliphatic hydroxyl groups is 1. The molecule has 0 saturated carbocycles. The van der Waals surface area contributed by atoms with Crippen LogP contribution in [0, 0.1) is 5.41 Å². The minimum atomic E-state index is -1.28. The third kappa shape index (κ3) is 4.20. The Kier molecular flexibility index (Phi) is 6.05. The van der Waals surface area contributed by atoms with Crippen molar-refractivity contribution in [1.29, 1.82) is 0 Å². The minimum absolute atomic E-state index is 0.229. The van der Waals surface area contributed by atoms with E-state index < -0.39 is 17.5 Å². The molecule has 28 heavy (non-hydrogen) atoms. The zero-order chi connectivity index (χ0) is 20.3. The fourth-order valence-corrected chi connectivity index (χ4v) is 3.81. The monoisotopic (exact) mass is 388 g/mol. The maximum Gasteiger partial charge on any atom is 0.313 e. The van der Waals surface area contributed by atoms with Gasteiger partial charge in [-0.1, -0.05) is 31.1 Å². The number of carboxylic acids is 1. The molecule has 7 nitrogen and oxygen atoms in total. The van der Waals surface area contributed by atoms with Crippen LogP contribution in [0.1, 0.15) is 43.2 Å². The molecule has 0 aliphatic carbocycles. The van der Waals surface area contributed by atoms with Crippen LogP contribution in [0.2, 0.25) is 0 Å². The minimum Gasteiger partial charge on any atom is -0.497 e. The molecule has 2 atom stereocenters. The fourth-order valence-electron chi connectivity index (χ4n) is 3.81. The Hall–Kier alpha value is -2.38. The highest BCUT2D eigenvalue weighted by Crippen LogP contribution is 2.36. The van der Waals surface area contributed by atoms with Gasteiger partial charge in [0.2, 0.25) is 0 Å². The number of piperidine rings is 1. The number of hydrogen-bond acceptors (Lipinski definition) is 6. The van der Waals surface area contributed by atoms with Crippen LogP contribution in [0.4, 0.5) is 0 Å². The van der Waals surface area contributed by atoms with Crippen LogP contribution in [0.3, 0.4) is 0 Å². The molecule has 0 amide bonds. The van der Waals surface area contributed by atoms with Crippen molar-refractivity contribution in [1.82, 2.24) is 10.1 Å². The Balaban J connectivity index is 1.81. The summed E-state index contributed by atoms with van der Waals surface area (Å²) in [5.41, 5.74) is 0.321. The lowest BCUT2D eigenvalue weighted by molar-refractivity contribution is -0.163. The van der Waals surface area contributed by atoms with Gasteiger partial charge in [-0.3, -0.25) is 9.69 Å². The zero-order valence-corrected chi connectivity index (χ0v) is 16.6. The van der Waals surface area contributed by atoms with Gasteiger partial charge in [-0.15, -0.1) is 0 Å². The van der Waals surface area contributed by atoms with Crippen LogP contribution in [-0.2, 0) is 17.8 Å². The molecule has 1 aliphatic heterocycles. The van der Waals surface area contributed by atoms with Crippen molar-refractivity contribution >= 4 is 5.97 Å². The standard InChI is InChI=1S/C21H28N2O5/c1-14(2)18-10-16(22-28-18)12-23-8-7-19(24)21(13-23,20(25)26)11-15-5-4-6-17(9-15)27-3/h4-6,9-10,14,19,24H,7-8,11-13H2,1-3H3,(H,25,26)/t19-,21-/m1/s1. The van der Waals surface area contributed by atoms with Gasteiger partial charge in [0.05, 0.1) is 18.9 Å². The van der Waals surface area contributed by atoms with Crippen molar-refractivity contribution in [3.63, 3.8) is 0 Å². The molecule has 0 unspecified atom stereocenters. The molecule has 2 N–H and O–H groups in total. The summed E-state index contributed by atoms with van der Waals surface area (Å²) in [6.45, 7) is 5.41. The predicted octanol–water partition coefficient (Wildman–Crippen LogP) is 2.69. The topological polar surface area (TPSA) is 96.0 Å². The highest BCUT2D eigenvalue weighted by molar-refractivity contribution is 5.76. The van der Waals surface area contributed by atoms with E-state index in [2.05, 4.69) is 5.16 Å². The summed E-state index contributed by atoms with van der Waals surface area (Å²) in [5, 5.41) is 24.8. The summed E-state index contributed by atoms with van der Waals surface area (Å²) in [6, 6.07) is 9.26. The number of likely N-dealkylation sites (tertiary alicyclic amines) is 1. The Morgan fingerprint density at radius 2 is 2.21 bits per heavy atom. The second-order valence-electron chi connectivity index (χ2n) is 7.88. The van der Waals surface area contributed by atoms with Gasteiger partial charge in [0.25, 0.3) is 0 Å². The molecule has 7 heteroatoms. The largest absolute Gasteiger partial charge is 0.497 e. The molecule has 0 spiro atoms. The molecular formula is C21H28N2O5. The van der Waals surface area contributed by atoms with Gasteiger partial charge < -0.3 is 19.5 Å². The molecule has 1 saturated heterocycles. The van der Waals surface area contributed by atoms with E-state index in [0.717, 1.165) is 17.0 Å². The quantitative estimate of drug-likeness (QED) is 0.753. The molecule has 2 heterocycles. The number of rotatable bonds is 7. The van der Waals surface area contributed by atoms with Crippen molar-refractivity contribution in [2.24, 2.45) is 5.41 Å². The summed E-state index contributed by atoms with van der Waals surface area (Å²) in [7, 11) is 1.58. The molecule has 2 aromatic rings. The third-order valence-electron chi connectivity index (χ3n) is 5.47. The maximum atomic E-state index is 12.3. The summed E-state index contributed by atoms with van der Waals surface area (Å²) in [4.78, 5) is 14.3. The van der Waals surface area contributed by atoms with Crippen LogP contribution in [0.5, 0.6) is 5.75 Å². The SMILES string of the molecule is COc1cccc(C[C@@]2(C(=O)O)CN(Cc3cc(C(C)C)on3)CC[C@H]2O)c1. The normalized spacial score (nSPS) is 23.1. The van der Waals surface area contributed by atoms with Crippen molar-refractivity contribution in [2.75, 3.05) is 20.2 Å². The van der Waals surface area contributed by atoms with Gasteiger partial charge in [0.15, 0.2) is 0 Å². The number of hydrogen-bond donors (Lipinski definition) is 2. The van der Waals surface area contributed by atoms with E-state index in [1.165, 1.54) is 0 Å². The van der Waals surface area contributed by atoms with Gasteiger partial charge in [-0.25, -0.2) is 0 Å². The van der Waals surface area contributed by atoms with Crippen LogP contribution in [0.15, 0.2) is 34.9 Å². The van der Waals surface area contributed by atoms with Gasteiger partial charge >= 0.3 is 5.97 Å². The second-order valence-corrected chi connectivity index (χ2v) is 7.88. The number of carboxylic acid groups (broad SMARTS) is 1. The van der Waals surface area contributed by atoms with Gasteiger partial charge in [-0.05, 0) is 30.5 Å². The lowest BCUT2D eigenvalue weighted by atomic mass is 9.72. The summed E-state index contributed by atoms with van der Waals surface area (Å²) >= 11 is 0. The predicted molar refractivity (Wildman–Crippen MR) is 103 cm³/mol. The Labute approximate surface area is 164 Å². The van der Waals surface area contributed by atoms with Crippen LogP contribution >= 0.6 is 0 Å². The average molecular weight is 388 g/mol. The van der Waals surface area contributed by atoms with Gasteiger partial charge in [0.1, 0.15) is 16.9 Å². The fraction of sp³-hybridized carbons (Fsp3) is 0.524. The number of aliphatic carboxylic acids is 1. The smallest absolute Gasteiger partial charge is 0.313 e. The van der Waals surface area contributed by atoms with Crippen molar-refractivity contribution in [3.8, 4) is 5.75 Å². The number of aromatic nitrogens is 1. The first-order chi connectivity index (χ1) is 13.3. The molecular weight excluding hydrogens is 360 g/mol. The van der Waals surface area contributed by atoms with Crippen molar-refractivity contribution in [3.05, 3.63) is 47.3 Å². The Morgan fingerprint density at radius 1 is 1.43 bits per heavy atom. The number of aliphatic hydroxyl groups excluding tert-OH is 1. The number of benzene rings is 1. The highest BCUT2D eigenvalue weighted by atomic mass is 16.5. The number of carbonyl (C=O) groups is 1. The Morgan fingerprint density at radius 3 is 2.86 bits per heavy atom. The lowest BCUT2D eigenvalue weighted by Crippen LogP contribution is -2.56. The van der Waals surface area contributed by atoms with Crippen LogP contribution in [-0.4, -0.2) is 52.5 Å². The first kappa shape index (κ1) is 20.4. The Bertz CT molecular complexity index is 819. The van der Waals surface area contributed by atoms with E-state index in [0.29, 0.717) is 25.3 Å². The summed E-state index contributed by atoms with van der Waals surface area (Å²) in [5.74, 6) is 0.739. The van der Waals surface area contributed by atoms with E-state index in [1.54, 1.807) is 7.11 Å². The van der Waals surface area contributed by atoms with Crippen LogP contribution in [0.25, 0.3) is 0 Å². The number of ether oxygens (including phenoxy) is 1. The first-order valence-electron chi connectivity index (χ1n) is 9.56. The molecule has 0 bridgehead atoms. The first-order valence-corrected chi connectivity index (χ1v) is 9.56. The van der Waals surface area contributed by atoms with Crippen molar-refractivity contribution in [2.45, 2.75) is 45.3 Å². The molecule has 1 aromatic carbocycles. The van der Waals surface area contributed by atoms with Gasteiger partial charge in [0, 0.05) is 31.6 Å². The molecule has 1 aromatic heterocycles. The molecule has 1 aliphatic rings. The lowest BCUT2D eigenvalue weighted by Gasteiger charge is -2.43. The highest BCUT2D eigenvalue weighted by Gasteiger charge is 2.49. The van der Waals surface area contributed by atoms with E-state index in [4.69, 9.17) is 9.26 Å². The van der Waals surface area contributed by atoms with E-state index in [1.807, 2.05) is 49.1 Å². The second kappa shape index (κ2) is 8.32. The zero-order valence-electron chi connectivity index (χ0n) is 16.6. The van der Waals surface area contributed by atoms with E-state index in [9.17, 15) is 15.0 Å². The molecule has 3 rings (SSSR count). The average Bonchev–Trinajstić information content (AvgIpc) is 3.13. The molecule has 152 valence electrons. The summed E-state index contributed by atoms with van der Waals surface area (Å²) in [6.07, 6.45) is -0.297. The summed E-state index contributed by atoms with van der Waals surface area (Å²) < 4.78 is 10.6. The van der Waals surface area contributed by atoms with Crippen LogP contribution < -0.4 is 4.74 Å². The number of methoxy groups -OCH3 is 1. The number of nitrogens with zero attached hydrogens (tertiary/aromatic N) is 2. The van der Waals surface area contributed by atoms with E-state index >= 15 is 0 Å². The van der Waals surface area contributed by atoms with Gasteiger partial charge in [-0.2, -0.15) is 0 Å².